The maximum Gasteiger partial charge on any atom is 0.266 e. The van der Waals surface area contributed by atoms with E-state index in [0.29, 0.717) is 17.8 Å². The summed E-state index contributed by atoms with van der Waals surface area (Å²) < 4.78 is 0. The number of nitrogens with zero attached hydrogens (tertiary/aromatic N) is 1. The van der Waals surface area contributed by atoms with Crippen LogP contribution in [-0.4, -0.2) is 21.0 Å². The highest BCUT2D eigenvalue weighted by molar-refractivity contribution is 6.05. The van der Waals surface area contributed by atoms with E-state index >= 15 is 0 Å². The Morgan fingerprint density at radius 3 is 2.82 bits per heavy atom. The molecule has 22 heavy (non-hydrogen) atoms. The molecule has 0 spiro atoms. The number of hydrogen-bond acceptors (Lipinski definition) is 4. The van der Waals surface area contributed by atoms with E-state index in [1.165, 1.54) is 0 Å². The van der Waals surface area contributed by atoms with Crippen molar-refractivity contribution in [2.75, 3.05) is 5.32 Å². The minimum atomic E-state index is -0.650. The molecule has 114 valence electrons. The van der Waals surface area contributed by atoms with Gasteiger partial charge >= 0.3 is 0 Å². The summed E-state index contributed by atoms with van der Waals surface area (Å²) in [5.41, 5.74) is 1.56. The molecule has 6 heteroatoms. The Bertz CT molecular complexity index is 778. The lowest BCUT2D eigenvalue weighted by molar-refractivity contribution is 0.102. The summed E-state index contributed by atoms with van der Waals surface area (Å²) in [6.07, 6.45) is 4.92. The summed E-state index contributed by atoms with van der Waals surface area (Å²) in [7, 11) is 0. The second kappa shape index (κ2) is 5.63. The molecule has 0 saturated carbocycles. The highest BCUT2D eigenvalue weighted by Gasteiger charge is 2.24. The summed E-state index contributed by atoms with van der Waals surface area (Å²) in [5.74, 6) is -0.515. The first-order valence-corrected chi connectivity index (χ1v) is 7.27. The van der Waals surface area contributed by atoms with E-state index < -0.39 is 11.5 Å². The van der Waals surface area contributed by atoms with Crippen molar-refractivity contribution in [1.29, 1.82) is 0 Å². The molecule has 2 aromatic rings. The van der Waals surface area contributed by atoms with Gasteiger partial charge in [-0.3, -0.25) is 9.59 Å². The second-order valence-electron chi connectivity index (χ2n) is 5.52. The van der Waals surface area contributed by atoms with Crippen LogP contribution in [0.25, 0.3) is 0 Å². The van der Waals surface area contributed by atoms with E-state index in [0.717, 1.165) is 30.5 Å². The first kappa shape index (κ1) is 14.3. The zero-order valence-electron chi connectivity index (χ0n) is 12.3. The van der Waals surface area contributed by atoms with Gasteiger partial charge in [-0.1, -0.05) is 6.07 Å². The minimum Gasteiger partial charge on any atom is -0.507 e. The third kappa shape index (κ3) is 2.59. The van der Waals surface area contributed by atoms with Gasteiger partial charge < -0.3 is 15.4 Å². The number of carbonyl (C=O) groups is 1. The molecular formula is C16H17N3O3. The van der Waals surface area contributed by atoms with E-state index in [1.54, 1.807) is 18.3 Å². The summed E-state index contributed by atoms with van der Waals surface area (Å²) in [5, 5.41) is 12.9. The molecule has 0 radical (unpaired) electrons. The summed E-state index contributed by atoms with van der Waals surface area (Å²) in [6, 6.07) is 3.45. The summed E-state index contributed by atoms with van der Waals surface area (Å²) in [4.78, 5) is 31.2. The number of nitrogens with one attached hydrogen (secondary N) is 2. The Morgan fingerprint density at radius 1 is 1.32 bits per heavy atom. The van der Waals surface area contributed by atoms with Crippen LogP contribution < -0.4 is 10.9 Å². The summed E-state index contributed by atoms with van der Waals surface area (Å²) in [6.45, 7) is 1.89. The number of rotatable bonds is 2. The fourth-order valence-electron chi connectivity index (χ4n) is 2.69. The number of carbonyl (C=O) groups excluding carboxylic acids is 1. The Morgan fingerprint density at radius 2 is 2.09 bits per heavy atom. The molecule has 1 aliphatic rings. The molecule has 1 aliphatic carbocycles. The van der Waals surface area contributed by atoms with E-state index in [9.17, 15) is 14.7 Å². The standard InChI is InChI=1S/C16H17N3O3/c1-9-6-7-12(17-8-9)19-16(22)13-14(20)10-4-2-3-5-11(10)18-15(13)21/h6-8H,2-5H2,1H3,(H,17,19,22)(H2,18,20,21). The van der Waals surface area contributed by atoms with Crippen molar-refractivity contribution in [3.63, 3.8) is 0 Å². The first-order chi connectivity index (χ1) is 10.6. The van der Waals surface area contributed by atoms with Gasteiger partial charge in [0.1, 0.15) is 17.1 Å². The largest absolute Gasteiger partial charge is 0.507 e. The third-order valence-electron chi connectivity index (χ3n) is 3.86. The second-order valence-corrected chi connectivity index (χ2v) is 5.52. The molecule has 0 saturated heterocycles. The molecule has 0 atom stereocenters. The van der Waals surface area contributed by atoms with Gasteiger partial charge in [0.15, 0.2) is 0 Å². The van der Waals surface area contributed by atoms with Crippen LogP contribution in [0.4, 0.5) is 5.82 Å². The van der Waals surface area contributed by atoms with Crippen LogP contribution in [0.5, 0.6) is 5.75 Å². The van der Waals surface area contributed by atoms with Crippen molar-refractivity contribution >= 4 is 11.7 Å². The van der Waals surface area contributed by atoms with Gasteiger partial charge in [-0.15, -0.1) is 0 Å². The fraction of sp³-hybridized carbons (Fsp3) is 0.312. The molecule has 1 amide bonds. The number of H-pyrrole nitrogens is 1. The number of aromatic nitrogens is 2. The lowest BCUT2D eigenvalue weighted by atomic mass is 9.93. The average Bonchev–Trinajstić information content (AvgIpc) is 2.49. The molecule has 2 heterocycles. The number of hydrogen-bond donors (Lipinski definition) is 3. The number of fused-ring (bicyclic) bond motifs is 1. The molecule has 3 N–H and O–H groups in total. The van der Waals surface area contributed by atoms with Gasteiger partial charge in [0.25, 0.3) is 11.5 Å². The number of pyridine rings is 2. The maximum atomic E-state index is 12.3. The third-order valence-corrected chi connectivity index (χ3v) is 3.86. The number of amides is 1. The number of aromatic amines is 1. The first-order valence-electron chi connectivity index (χ1n) is 7.27. The van der Waals surface area contributed by atoms with Gasteiger partial charge in [0.2, 0.25) is 0 Å². The number of aryl methyl sites for hydroxylation is 2. The number of aromatic hydroxyl groups is 1. The average molecular weight is 299 g/mol. The quantitative estimate of drug-likeness (QED) is 0.789. The SMILES string of the molecule is Cc1ccc(NC(=O)c2c(O)c3c([nH]c2=O)CCCC3)nc1. The highest BCUT2D eigenvalue weighted by atomic mass is 16.3. The van der Waals surface area contributed by atoms with Crippen LogP contribution >= 0.6 is 0 Å². The normalized spacial score (nSPS) is 13.5. The Hall–Kier alpha value is -2.63. The Labute approximate surface area is 127 Å². The topological polar surface area (TPSA) is 95.1 Å². The molecule has 0 bridgehead atoms. The number of anilines is 1. The predicted octanol–water partition coefficient (Wildman–Crippen LogP) is 1.92. The molecule has 0 fully saturated rings. The van der Waals surface area contributed by atoms with Crippen molar-refractivity contribution in [2.45, 2.75) is 32.6 Å². The van der Waals surface area contributed by atoms with Crippen molar-refractivity contribution in [3.05, 3.63) is 51.1 Å². The maximum absolute atomic E-state index is 12.3. The van der Waals surface area contributed by atoms with E-state index in [2.05, 4.69) is 15.3 Å². The van der Waals surface area contributed by atoms with Gasteiger partial charge in [0, 0.05) is 17.5 Å². The van der Waals surface area contributed by atoms with Crippen LogP contribution in [0.15, 0.2) is 23.1 Å². The van der Waals surface area contributed by atoms with E-state index in [4.69, 9.17) is 0 Å². The monoisotopic (exact) mass is 299 g/mol. The van der Waals surface area contributed by atoms with Crippen LogP contribution in [-0.2, 0) is 12.8 Å². The zero-order chi connectivity index (χ0) is 15.7. The van der Waals surface area contributed by atoms with Crippen molar-refractivity contribution in [1.82, 2.24) is 9.97 Å². The van der Waals surface area contributed by atoms with Crippen molar-refractivity contribution < 1.29 is 9.90 Å². The van der Waals surface area contributed by atoms with Crippen LogP contribution in [0.1, 0.15) is 40.0 Å². The Balaban J connectivity index is 1.95. The highest BCUT2D eigenvalue weighted by Crippen LogP contribution is 2.28. The van der Waals surface area contributed by atoms with Crippen LogP contribution in [0, 0.1) is 6.92 Å². The van der Waals surface area contributed by atoms with E-state index in [-0.39, 0.29) is 11.3 Å². The van der Waals surface area contributed by atoms with Crippen LogP contribution in [0.2, 0.25) is 0 Å². The van der Waals surface area contributed by atoms with Gasteiger partial charge in [-0.25, -0.2) is 4.98 Å². The molecule has 0 aliphatic heterocycles. The van der Waals surface area contributed by atoms with Crippen LogP contribution in [0.3, 0.4) is 0 Å². The lowest BCUT2D eigenvalue weighted by Gasteiger charge is -2.18. The smallest absolute Gasteiger partial charge is 0.266 e. The minimum absolute atomic E-state index is 0.205. The molecule has 6 nitrogen and oxygen atoms in total. The molecule has 0 unspecified atom stereocenters. The lowest BCUT2D eigenvalue weighted by Crippen LogP contribution is -2.26. The van der Waals surface area contributed by atoms with Crippen molar-refractivity contribution in [2.24, 2.45) is 0 Å². The zero-order valence-corrected chi connectivity index (χ0v) is 12.3. The molecule has 0 aromatic carbocycles. The Kier molecular flexibility index (Phi) is 3.66. The van der Waals surface area contributed by atoms with Gasteiger partial charge in [-0.2, -0.15) is 0 Å². The van der Waals surface area contributed by atoms with Crippen molar-refractivity contribution in [3.8, 4) is 5.75 Å². The molecule has 3 rings (SSSR count). The molecular weight excluding hydrogens is 282 g/mol. The fourth-order valence-corrected chi connectivity index (χ4v) is 2.69. The summed E-state index contributed by atoms with van der Waals surface area (Å²) >= 11 is 0. The van der Waals surface area contributed by atoms with E-state index in [1.807, 2.05) is 6.92 Å². The van der Waals surface area contributed by atoms with Gasteiger partial charge in [0.05, 0.1) is 0 Å². The molecule has 2 aromatic heterocycles. The predicted molar refractivity (Wildman–Crippen MR) is 82.3 cm³/mol. The van der Waals surface area contributed by atoms with Gasteiger partial charge in [-0.05, 0) is 44.2 Å².